The van der Waals surface area contributed by atoms with E-state index >= 15 is 0 Å². The predicted molar refractivity (Wildman–Crippen MR) is 99.5 cm³/mol. The zero-order valence-electron chi connectivity index (χ0n) is 15.8. The number of benzene rings is 1. The monoisotopic (exact) mass is 385 g/mol. The van der Waals surface area contributed by atoms with Gasteiger partial charge in [-0.3, -0.25) is 24.1 Å². The van der Waals surface area contributed by atoms with Crippen LogP contribution in [-0.2, 0) is 14.4 Å². The van der Waals surface area contributed by atoms with Gasteiger partial charge in [0, 0.05) is 39.0 Å². The van der Waals surface area contributed by atoms with Crippen LogP contribution in [0.1, 0.15) is 46.9 Å². The van der Waals surface area contributed by atoms with Crippen molar-refractivity contribution in [2.24, 2.45) is 0 Å². The van der Waals surface area contributed by atoms with Crippen molar-refractivity contribution in [3.05, 3.63) is 35.4 Å². The number of carbonyl (C=O) groups is 5. The van der Waals surface area contributed by atoms with Gasteiger partial charge in [-0.05, 0) is 25.5 Å². The van der Waals surface area contributed by atoms with E-state index in [-0.39, 0.29) is 37.0 Å². The Morgan fingerprint density at radius 2 is 1.36 bits per heavy atom. The standard InChI is InChI=1S/C20H23N3O5/c1-14(24)7-8-17(25)21-9-4-10-22(12-11-21)18(26)13-23-19(27)15-5-2-3-6-16(15)20(23)28/h2-3,5-6H,4,7-13H2,1H3. The van der Waals surface area contributed by atoms with Gasteiger partial charge in [-0.15, -0.1) is 0 Å². The summed E-state index contributed by atoms with van der Waals surface area (Å²) < 4.78 is 0. The Morgan fingerprint density at radius 3 is 1.89 bits per heavy atom. The highest BCUT2D eigenvalue weighted by molar-refractivity contribution is 6.22. The average molecular weight is 385 g/mol. The van der Waals surface area contributed by atoms with Crippen LogP contribution in [0.25, 0.3) is 0 Å². The quantitative estimate of drug-likeness (QED) is 0.696. The number of hydrogen-bond donors (Lipinski definition) is 0. The van der Waals surface area contributed by atoms with Gasteiger partial charge >= 0.3 is 0 Å². The van der Waals surface area contributed by atoms with E-state index in [1.165, 1.54) is 6.92 Å². The van der Waals surface area contributed by atoms with Gasteiger partial charge in [0.2, 0.25) is 11.8 Å². The van der Waals surface area contributed by atoms with Crippen molar-refractivity contribution in [1.29, 1.82) is 0 Å². The molecule has 0 radical (unpaired) electrons. The Kier molecular flexibility index (Phi) is 5.87. The van der Waals surface area contributed by atoms with E-state index in [9.17, 15) is 24.0 Å². The molecule has 1 fully saturated rings. The highest BCUT2D eigenvalue weighted by atomic mass is 16.2. The Bertz CT molecular complexity index is 800. The lowest BCUT2D eigenvalue weighted by molar-refractivity contribution is -0.134. The van der Waals surface area contributed by atoms with Crippen LogP contribution < -0.4 is 0 Å². The number of rotatable bonds is 5. The maximum absolute atomic E-state index is 12.7. The van der Waals surface area contributed by atoms with Gasteiger partial charge < -0.3 is 14.6 Å². The lowest BCUT2D eigenvalue weighted by Crippen LogP contribution is -2.44. The minimum atomic E-state index is -0.454. The minimum Gasteiger partial charge on any atom is -0.341 e. The van der Waals surface area contributed by atoms with Crippen LogP contribution in [0, 0.1) is 0 Å². The third-order valence-electron chi connectivity index (χ3n) is 5.06. The van der Waals surface area contributed by atoms with Gasteiger partial charge in [0.05, 0.1) is 11.1 Å². The molecule has 3 rings (SSSR count). The summed E-state index contributed by atoms with van der Waals surface area (Å²) in [6.07, 6.45) is 1.01. The van der Waals surface area contributed by atoms with E-state index < -0.39 is 11.8 Å². The second-order valence-electron chi connectivity index (χ2n) is 7.06. The molecule has 1 aromatic rings. The average Bonchev–Trinajstić information content (AvgIpc) is 2.87. The first-order valence-electron chi connectivity index (χ1n) is 9.38. The van der Waals surface area contributed by atoms with E-state index in [1.54, 1.807) is 34.1 Å². The molecule has 2 aliphatic heterocycles. The first kappa shape index (κ1) is 19.7. The van der Waals surface area contributed by atoms with E-state index in [1.807, 2.05) is 0 Å². The summed E-state index contributed by atoms with van der Waals surface area (Å²) in [5.74, 6) is -1.34. The topological polar surface area (TPSA) is 95.1 Å². The molecule has 2 heterocycles. The molecule has 1 aromatic carbocycles. The predicted octanol–water partition coefficient (Wildman–Crippen LogP) is 0.713. The van der Waals surface area contributed by atoms with E-state index in [2.05, 4.69) is 0 Å². The van der Waals surface area contributed by atoms with E-state index in [4.69, 9.17) is 0 Å². The molecule has 8 nitrogen and oxygen atoms in total. The van der Waals surface area contributed by atoms with Crippen molar-refractivity contribution in [2.45, 2.75) is 26.2 Å². The second-order valence-corrected chi connectivity index (χ2v) is 7.06. The molecule has 0 aromatic heterocycles. The van der Waals surface area contributed by atoms with Crippen molar-refractivity contribution >= 4 is 29.4 Å². The fraction of sp³-hybridized carbons (Fsp3) is 0.450. The molecule has 0 N–H and O–H groups in total. The molecule has 0 spiro atoms. The highest BCUT2D eigenvalue weighted by Crippen LogP contribution is 2.22. The van der Waals surface area contributed by atoms with Gasteiger partial charge in [-0.25, -0.2) is 0 Å². The number of ketones is 1. The number of amides is 4. The fourth-order valence-electron chi connectivity index (χ4n) is 3.48. The summed E-state index contributed by atoms with van der Waals surface area (Å²) in [5.41, 5.74) is 0.636. The SMILES string of the molecule is CC(=O)CCC(=O)N1CCCN(C(=O)CN2C(=O)c3ccccc3C2=O)CC1. The third-order valence-corrected chi connectivity index (χ3v) is 5.06. The molecule has 0 atom stereocenters. The first-order chi connectivity index (χ1) is 13.4. The van der Waals surface area contributed by atoms with Crippen LogP contribution in [0.5, 0.6) is 0 Å². The maximum atomic E-state index is 12.7. The number of nitrogens with zero attached hydrogens (tertiary/aromatic N) is 3. The number of Topliss-reactive ketones (excluding diaryl/α,β-unsaturated/α-hetero) is 1. The minimum absolute atomic E-state index is 0.0269. The third kappa shape index (κ3) is 4.11. The van der Waals surface area contributed by atoms with Gasteiger partial charge in [0.25, 0.3) is 11.8 Å². The van der Waals surface area contributed by atoms with Crippen molar-refractivity contribution in [1.82, 2.24) is 14.7 Å². The first-order valence-corrected chi connectivity index (χ1v) is 9.38. The molecule has 2 aliphatic rings. The molecule has 1 saturated heterocycles. The van der Waals surface area contributed by atoms with Gasteiger partial charge in [0.1, 0.15) is 12.3 Å². The summed E-state index contributed by atoms with van der Waals surface area (Å²) in [6.45, 7) is 2.85. The summed E-state index contributed by atoms with van der Waals surface area (Å²) in [5, 5.41) is 0. The summed E-state index contributed by atoms with van der Waals surface area (Å²) >= 11 is 0. The molecule has 28 heavy (non-hydrogen) atoms. The molecule has 4 amide bonds. The van der Waals surface area contributed by atoms with Crippen molar-refractivity contribution < 1.29 is 24.0 Å². The van der Waals surface area contributed by atoms with Crippen molar-refractivity contribution in [3.63, 3.8) is 0 Å². The molecular weight excluding hydrogens is 362 g/mol. The Balaban J connectivity index is 1.57. The van der Waals surface area contributed by atoms with Crippen LogP contribution in [0.4, 0.5) is 0 Å². The van der Waals surface area contributed by atoms with Crippen LogP contribution in [0.2, 0.25) is 0 Å². The Hall–Kier alpha value is -3.03. The molecule has 0 saturated carbocycles. The second kappa shape index (κ2) is 8.33. The normalized spacial score (nSPS) is 16.8. The molecule has 0 bridgehead atoms. The van der Waals surface area contributed by atoms with Crippen molar-refractivity contribution in [2.75, 3.05) is 32.7 Å². The highest BCUT2D eigenvalue weighted by Gasteiger charge is 2.37. The lowest BCUT2D eigenvalue weighted by atomic mass is 10.1. The molecule has 148 valence electrons. The zero-order valence-corrected chi connectivity index (χ0v) is 15.8. The van der Waals surface area contributed by atoms with E-state index in [0.29, 0.717) is 43.7 Å². The molecule has 0 unspecified atom stereocenters. The zero-order chi connectivity index (χ0) is 20.3. The summed E-state index contributed by atoms with van der Waals surface area (Å²) in [4.78, 5) is 65.0. The van der Waals surface area contributed by atoms with Gasteiger partial charge in [-0.2, -0.15) is 0 Å². The fourth-order valence-corrected chi connectivity index (χ4v) is 3.48. The molecule has 8 heteroatoms. The maximum Gasteiger partial charge on any atom is 0.262 e. The molecule has 0 aliphatic carbocycles. The Morgan fingerprint density at radius 1 is 0.821 bits per heavy atom. The molecular formula is C20H23N3O5. The summed E-state index contributed by atoms with van der Waals surface area (Å²) in [6, 6.07) is 6.52. The number of hydrogen-bond acceptors (Lipinski definition) is 5. The van der Waals surface area contributed by atoms with E-state index in [0.717, 1.165) is 4.90 Å². The van der Waals surface area contributed by atoms with Gasteiger partial charge in [-0.1, -0.05) is 12.1 Å². The lowest BCUT2D eigenvalue weighted by Gasteiger charge is -2.24. The van der Waals surface area contributed by atoms with Crippen LogP contribution in [0.15, 0.2) is 24.3 Å². The largest absolute Gasteiger partial charge is 0.341 e. The number of fused-ring (bicyclic) bond motifs is 1. The van der Waals surface area contributed by atoms with Gasteiger partial charge in [0.15, 0.2) is 0 Å². The van der Waals surface area contributed by atoms with Crippen molar-refractivity contribution in [3.8, 4) is 0 Å². The Labute approximate surface area is 163 Å². The van der Waals surface area contributed by atoms with Crippen LogP contribution >= 0.6 is 0 Å². The number of carbonyl (C=O) groups excluding carboxylic acids is 5. The smallest absolute Gasteiger partial charge is 0.262 e. The van der Waals surface area contributed by atoms with Crippen LogP contribution in [0.3, 0.4) is 0 Å². The summed E-state index contributed by atoms with van der Waals surface area (Å²) in [7, 11) is 0. The van der Waals surface area contributed by atoms with Crippen LogP contribution in [-0.4, -0.2) is 76.8 Å². The number of imide groups is 1.